The maximum absolute atomic E-state index is 11.2. The summed E-state index contributed by atoms with van der Waals surface area (Å²) in [6.07, 6.45) is 3.79. The summed E-state index contributed by atoms with van der Waals surface area (Å²) < 4.78 is 1.92. The second kappa shape index (κ2) is 2.24. The molecule has 12 heavy (non-hydrogen) atoms. The Kier molecular flexibility index (Phi) is 1.33. The van der Waals surface area contributed by atoms with Gasteiger partial charge in [0, 0.05) is 29.7 Å². The van der Waals surface area contributed by atoms with E-state index in [1.165, 1.54) is 0 Å². The summed E-state index contributed by atoms with van der Waals surface area (Å²) in [7, 11) is 0. The summed E-state index contributed by atoms with van der Waals surface area (Å²) in [5.41, 5.74) is 2.76. The number of aromatic nitrogens is 2. The summed E-state index contributed by atoms with van der Waals surface area (Å²) in [5.74, 6) is 0. The molecule has 0 aromatic carbocycles. The van der Waals surface area contributed by atoms with Gasteiger partial charge in [0.1, 0.15) is 5.65 Å². The summed E-state index contributed by atoms with van der Waals surface area (Å²) in [6, 6.07) is 1.61. The Morgan fingerprint density at radius 2 is 2.08 bits per heavy atom. The van der Waals surface area contributed by atoms with E-state index < -0.39 is 0 Å². The first-order valence-corrected chi connectivity index (χ1v) is 3.85. The number of hydrogen-bond donors (Lipinski definition) is 1. The van der Waals surface area contributed by atoms with Gasteiger partial charge in [-0.3, -0.25) is 4.79 Å². The third-order valence-electron chi connectivity index (χ3n) is 1.93. The second-order valence-electron chi connectivity index (χ2n) is 3.05. The maximum atomic E-state index is 11.2. The molecule has 0 aliphatic heterocycles. The molecule has 0 unspecified atom stereocenters. The highest BCUT2D eigenvalue weighted by atomic mass is 16.1. The predicted molar refractivity (Wildman–Crippen MR) is 47.5 cm³/mol. The molecule has 0 spiro atoms. The Hall–Kier alpha value is -1.51. The molecule has 0 fully saturated rings. The van der Waals surface area contributed by atoms with Crippen molar-refractivity contribution in [2.24, 2.45) is 0 Å². The van der Waals surface area contributed by atoms with Gasteiger partial charge in [0.25, 0.3) is 0 Å². The van der Waals surface area contributed by atoms with E-state index >= 15 is 0 Å². The van der Waals surface area contributed by atoms with Crippen LogP contribution in [0.15, 0.2) is 23.3 Å². The molecule has 0 atom stereocenters. The second-order valence-corrected chi connectivity index (χ2v) is 3.05. The fourth-order valence-electron chi connectivity index (χ4n) is 1.30. The average Bonchev–Trinajstić information content (AvgIpc) is 2.30. The summed E-state index contributed by atoms with van der Waals surface area (Å²) in [5, 5.41) is 0. The van der Waals surface area contributed by atoms with Crippen LogP contribution in [0.5, 0.6) is 0 Å². The maximum Gasteiger partial charge on any atom is 0.186 e. The van der Waals surface area contributed by atoms with Gasteiger partial charge in [-0.25, -0.2) is 0 Å². The van der Waals surface area contributed by atoms with Crippen LogP contribution in [0, 0.1) is 13.8 Å². The van der Waals surface area contributed by atoms with Crippen molar-refractivity contribution in [3.05, 3.63) is 39.9 Å². The minimum atomic E-state index is 0.0804. The molecule has 2 aromatic rings. The number of fused-ring (bicyclic) bond motifs is 1. The van der Waals surface area contributed by atoms with Crippen LogP contribution in [0.1, 0.15) is 11.3 Å². The Balaban J connectivity index is 2.92. The van der Waals surface area contributed by atoms with Gasteiger partial charge in [-0.05, 0) is 13.8 Å². The van der Waals surface area contributed by atoms with Crippen LogP contribution in [0.4, 0.5) is 0 Å². The lowest BCUT2D eigenvalue weighted by Crippen LogP contribution is -2.04. The SMILES string of the molecule is Cc1cn2cc(C)c(=O)cc2[nH]1. The fraction of sp³-hybridized carbons (Fsp3) is 0.222. The van der Waals surface area contributed by atoms with Crippen LogP contribution in [0.3, 0.4) is 0 Å². The number of nitrogens with one attached hydrogen (secondary N) is 1. The molecule has 3 nitrogen and oxygen atoms in total. The molecule has 2 rings (SSSR count). The first kappa shape index (κ1) is 7.16. The van der Waals surface area contributed by atoms with E-state index in [9.17, 15) is 4.79 Å². The molecule has 2 heterocycles. The molecule has 0 bridgehead atoms. The van der Waals surface area contributed by atoms with Crippen molar-refractivity contribution in [2.75, 3.05) is 0 Å². The smallest absolute Gasteiger partial charge is 0.186 e. The number of aromatic amines is 1. The molecular formula is C9H10N2O. The third kappa shape index (κ3) is 0.942. The average molecular weight is 162 g/mol. The fourth-order valence-corrected chi connectivity index (χ4v) is 1.30. The quantitative estimate of drug-likeness (QED) is 0.621. The van der Waals surface area contributed by atoms with Gasteiger partial charge in [0.05, 0.1) is 0 Å². The highest BCUT2D eigenvalue weighted by Crippen LogP contribution is 2.01. The van der Waals surface area contributed by atoms with Crippen LogP contribution in [-0.4, -0.2) is 9.38 Å². The van der Waals surface area contributed by atoms with Crippen molar-refractivity contribution in [1.82, 2.24) is 9.38 Å². The molecule has 62 valence electrons. The molecular weight excluding hydrogens is 152 g/mol. The first-order chi connectivity index (χ1) is 5.66. The van der Waals surface area contributed by atoms with E-state index in [4.69, 9.17) is 0 Å². The van der Waals surface area contributed by atoms with Crippen molar-refractivity contribution in [2.45, 2.75) is 13.8 Å². The number of H-pyrrole nitrogens is 1. The van der Waals surface area contributed by atoms with E-state index in [1.54, 1.807) is 6.07 Å². The lowest BCUT2D eigenvalue weighted by molar-refractivity contribution is 1.14. The highest BCUT2D eigenvalue weighted by molar-refractivity contribution is 5.40. The molecule has 2 aromatic heterocycles. The molecule has 0 aliphatic carbocycles. The van der Waals surface area contributed by atoms with E-state index in [0.717, 1.165) is 16.9 Å². The van der Waals surface area contributed by atoms with Crippen molar-refractivity contribution in [1.29, 1.82) is 0 Å². The number of hydrogen-bond acceptors (Lipinski definition) is 1. The minimum Gasteiger partial charge on any atom is -0.344 e. The van der Waals surface area contributed by atoms with E-state index in [1.807, 2.05) is 30.6 Å². The Labute approximate surface area is 69.7 Å². The van der Waals surface area contributed by atoms with Crippen LogP contribution < -0.4 is 5.43 Å². The van der Waals surface area contributed by atoms with E-state index in [0.29, 0.717) is 0 Å². The van der Waals surface area contributed by atoms with Crippen molar-refractivity contribution in [3.8, 4) is 0 Å². The molecule has 0 saturated carbocycles. The molecule has 0 aliphatic rings. The number of pyridine rings is 1. The van der Waals surface area contributed by atoms with Gasteiger partial charge < -0.3 is 9.38 Å². The topological polar surface area (TPSA) is 37.3 Å². The molecule has 0 radical (unpaired) electrons. The van der Waals surface area contributed by atoms with Crippen LogP contribution in [0.25, 0.3) is 5.65 Å². The summed E-state index contributed by atoms with van der Waals surface area (Å²) in [6.45, 7) is 3.78. The Bertz CT molecular complexity index is 479. The molecule has 0 amide bonds. The number of nitrogens with zero attached hydrogens (tertiary/aromatic N) is 1. The van der Waals surface area contributed by atoms with Crippen molar-refractivity contribution in [3.63, 3.8) is 0 Å². The molecule has 0 saturated heterocycles. The molecule has 1 N–H and O–H groups in total. The molecule has 3 heteroatoms. The lowest BCUT2D eigenvalue weighted by atomic mass is 10.3. The van der Waals surface area contributed by atoms with Crippen LogP contribution in [0.2, 0.25) is 0 Å². The Morgan fingerprint density at radius 1 is 1.33 bits per heavy atom. The Morgan fingerprint density at radius 3 is 2.83 bits per heavy atom. The highest BCUT2D eigenvalue weighted by Gasteiger charge is 1.98. The zero-order valence-corrected chi connectivity index (χ0v) is 7.09. The van der Waals surface area contributed by atoms with E-state index in [-0.39, 0.29) is 5.43 Å². The van der Waals surface area contributed by atoms with Crippen molar-refractivity contribution >= 4 is 5.65 Å². The first-order valence-electron chi connectivity index (χ1n) is 3.85. The predicted octanol–water partition coefficient (Wildman–Crippen LogP) is 1.24. The monoisotopic (exact) mass is 162 g/mol. The minimum absolute atomic E-state index is 0.0804. The lowest BCUT2D eigenvalue weighted by Gasteiger charge is -1.93. The van der Waals surface area contributed by atoms with Gasteiger partial charge in [-0.2, -0.15) is 0 Å². The van der Waals surface area contributed by atoms with Crippen LogP contribution >= 0.6 is 0 Å². The van der Waals surface area contributed by atoms with Gasteiger partial charge in [-0.15, -0.1) is 0 Å². The standard InChI is InChI=1S/C9H10N2O/c1-6-4-11-5-7(2)10-9(11)3-8(6)12/h3-5,10H,1-2H3. The normalized spacial score (nSPS) is 10.8. The van der Waals surface area contributed by atoms with Gasteiger partial charge >= 0.3 is 0 Å². The van der Waals surface area contributed by atoms with Crippen LogP contribution in [-0.2, 0) is 0 Å². The third-order valence-corrected chi connectivity index (χ3v) is 1.93. The van der Waals surface area contributed by atoms with Gasteiger partial charge in [0.15, 0.2) is 5.43 Å². The summed E-state index contributed by atoms with van der Waals surface area (Å²) >= 11 is 0. The zero-order chi connectivity index (χ0) is 8.72. The number of aryl methyl sites for hydroxylation is 2. The largest absolute Gasteiger partial charge is 0.344 e. The van der Waals surface area contributed by atoms with E-state index in [2.05, 4.69) is 4.98 Å². The van der Waals surface area contributed by atoms with Crippen molar-refractivity contribution < 1.29 is 0 Å². The summed E-state index contributed by atoms with van der Waals surface area (Å²) in [4.78, 5) is 14.3. The number of imidazole rings is 1. The number of rotatable bonds is 0. The van der Waals surface area contributed by atoms with Gasteiger partial charge in [0.2, 0.25) is 0 Å². The van der Waals surface area contributed by atoms with Gasteiger partial charge in [-0.1, -0.05) is 0 Å². The zero-order valence-electron chi connectivity index (χ0n) is 7.09.